The lowest BCUT2D eigenvalue weighted by Crippen LogP contribution is -2.12. The number of fused-ring (bicyclic) bond motifs is 5. The zero-order valence-electron chi connectivity index (χ0n) is 29.1. The van der Waals surface area contributed by atoms with E-state index < -0.39 is 0 Å². The summed E-state index contributed by atoms with van der Waals surface area (Å²) < 4.78 is 6.52. The van der Waals surface area contributed by atoms with Gasteiger partial charge in [-0.25, -0.2) is 0 Å². The highest BCUT2D eigenvalue weighted by atomic mass is 16.3. The fourth-order valence-corrected chi connectivity index (χ4v) is 8.86. The molecule has 8 aromatic carbocycles. The molecule has 9 aromatic rings. The highest BCUT2D eigenvalue weighted by Gasteiger charge is 2.25. The van der Waals surface area contributed by atoms with Crippen LogP contribution in [-0.2, 0) is 0 Å². The second-order valence-electron chi connectivity index (χ2n) is 14.3. The molecular weight excluding hydrogens is 631 g/mol. The molecule has 0 saturated heterocycles. The monoisotopic (exact) mass is 669 g/mol. The summed E-state index contributed by atoms with van der Waals surface area (Å²) in [5.74, 6) is 0.587. The van der Waals surface area contributed by atoms with Crippen LogP contribution in [0.1, 0.15) is 43.6 Å². The van der Waals surface area contributed by atoms with Gasteiger partial charge in [-0.1, -0.05) is 153 Å². The molecule has 0 amide bonds. The van der Waals surface area contributed by atoms with E-state index in [1.165, 1.54) is 81.5 Å². The molecule has 0 atom stereocenters. The van der Waals surface area contributed by atoms with Crippen molar-refractivity contribution in [3.63, 3.8) is 0 Å². The smallest absolute Gasteiger partial charge is 0.137 e. The van der Waals surface area contributed by atoms with Crippen molar-refractivity contribution >= 4 is 60.5 Å². The van der Waals surface area contributed by atoms with Gasteiger partial charge in [0, 0.05) is 33.7 Å². The Hall–Kier alpha value is -6.12. The summed E-state index contributed by atoms with van der Waals surface area (Å²) in [6.07, 6.45) is 6.48. The first-order chi connectivity index (χ1) is 25.8. The Bertz CT molecular complexity index is 2740. The van der Waals surface area contributed by atoms with E-state index in [0.29, 0.717) is 5.92 Å². The molecule has 0 bridgehead atoms. The van der Waals surface area contributed by atoms with Crippen molar-refractivity contribution < 1.29 is 4.42 Å². The lowest BCUT2D eigenvalue weighted by atomic mass is 9.80. The van der Waals surface area contributed by atoms with Crippen molar-refractivity contribution in [2.45, 2.75) is 38.0 Å². The summed E-state index contributed by atoms with van der Waals surface area (Å²) in [7, 11) is 0. The summed E-state index contributed by atoms with van der Waals surface area (Å²) in [5, 5.41) is 7.43. The van der Waals surface area contributed by atoms with Crippen LogP contribution in [0.25, 0.3) is 65.7 Å². The van der Waals surface area contributed by atoms with Crippen molar-refractivity contribution in [2.75, 3.05) is 4.90 Å². The van der Waals surface area contributed by atoms with Crippen LogP contribution < -0.4 is 4.90 Å². The minimum absolute atomic E-state index is 0.587. The molecule has 0 N–H and O–H groups in total. The molecule has 52 heavy (non-hydrogen) atoms. The second kappa shape index (κ2) is 12.9. The lowest BCUT2D eigenvalue weighted by molar-refractivity contribution is 0.445. The van der Waals surface area contributed by atoms with Crippen LogP contribution in [0.4, 0.5) is 17.1 Å². The number of para-hydroxylation sites is 3. The molecule has 1 heterocycles. The Morgan fingerprint density at radius 1 is 0.423 bits per heavy atom. The van der Waals surface area contributed by atoms with Gasteiger partial charge in [-0.3, -0.25) is 0 Å². The van der Waals surface area contributed by atoms with E-state index in [1.54, 1.807) is 0 Å². The van der Waals surface area contributed by atoms with E-state index in [4.69, 9.17) is 4.42 Å². The van der Waals surface area contributed by atoms with Gasteiger partial charge >= 0.3 is 0 Å². The van der Waals surface area contributed by atoms with Gasteiger partial charge in [0.15, 0.2) is 0 Å². The third-order valence-electron chi connectivity index (χ3n) is 11.3. The van der Waals surface area contributed by atoms with Crippen LogP contribution in [0.3, 0.4) is 0 Å². The molecule has 1 aliphatic rings. The van der Waals surface area contributed by atoms with E-state index in [2.05, 4.69) is 169 Å². The zero-order chi connectivity index (χ0) is 34.4. The van der Waals surface area contributed by atoms with E-state index in [-0.39, 0.29) is 0 Å². The first-order valence-corrected chi connectivity index (χ1v) is 18.7. The Balaban J connectivity index is 1.25. The summed E-state index contributed by atoms with van der Waals surface area (Å²) in [6.45, 7) is 0. The minimum Gasteiger partial charge on any atom is -0.456 e. The van der Waals surface area contributed by atoms with Crippen molar-refractivity contribution in [1.29, 1.82) is 0 Å². The van der Waals surface area contributed by atoms with Gasteiger partial charge in [0.25, 0.3) is 0 Å². The summed E-state index contributed by atoms with van der Waals surface area (Å²) in [5.41, 5.74) is 11.5. The third-order valence-corrected chi connectivity index (χ3v) is 11.3. The average Bonchev–Trinajstić information content (AvgIpc) is 3.59. The van der Waals surface area contributed by atoms with Crippen molar-refractivity contribution in [3.05, 3.63) is 175 Å². The van der Waals surface area contributed by atoms with Crippen molar-refractivity contribution in [1.82, 2.24) is 0 Å². The van der Waals surface area contributed by atoms with Gasteiger partial charge in [-0.15, -0.1) is 0 Å². The summed E-state index contributed by atoms with van der Waals surface area (Å²) in [6, 6.07) is 62.0. The predicted molar refractivity (Wildman–Crippen MR) is 220 cm³/mol. The fourth-order valence-electron chi connectivity index (χ4n) is 8.86. The van der Waals surface area contributed by atoms with E-state index in [1.807, 2.05) is 6.07 Å². The summed E-state index contributed by atoms with van der Waals surface area (Å²) >= 11 is 0. The lowest BCUT2D eigenvalue weighted by Gasteiger charge is -2.31. The van der Waals surface area contributed by atoms with E-state index in [9.17, 15) is 0 Å². The first kappa shape index (κ1) is 30.7. The molecule has 2 nitrogen and oxygen atoms in total. The largest absolute Gasteiger partial charge is 0.456 e. The van der Waals surface area contributed by atoms with Crippen LogP contribution in [0.2, 0.25) is 0 Å². The SMILES string of the molecule is c1ccc(N(c2ccc3c(c2)oc2ccccc23)c2ccccc2-c2cccc3cccc(C4CCCCC4)c23)c(-c2cccc3ccccc23)c1. The number of rotatable bonds is 6. The number of hydrogen-bond acceptors (Lipinski definition) is 2. The molecule has 0 unspecified atom stereocenters. The highest BCUT2D eigenvalue weighted by Crippen LogP contribution is 2.49. The van der Waals surface area contributed by atoms with Gasteiger partial charge in [-0.05, 0) is 87.3 Å². The normalized spacial score (nSPS) is 13.7. The second-order valence-corrected chi connectivity index (χ2v) is 14.3. The maximum absolute atomic E-state index is 6.52. The van der Waals surface area contributed by atoms with Crippen LogP contribution in [-0.4, -0.2) is 0 Å². The molecule has 250 valence electrons. The fraction of sp³-hybridized carbons (Fsp3) is 0.120. The van der Waals surface area contributed by atoms with E-state index in [0.717, 1.165) is 39.0 Å². The molecule has 1 fully saturated rings. The maximum Gasteiger partial charge on any atom is 0.137 e. The topological polar surface area (TPSA) is 16.4 Å². The van der Waals surface area contributed by atoms with Crippen molar-refractivity contribution in [3.8, 4) is 22.3 Å². The van der Waals surface area contributed by atoms with Crippen molar-refractivity contribution in [2.24, 2.45) is 0 Å². The molecule has 10 rings (SSSR count). The van der Waals surface area contributed by atoms with Gasteiger partial charge in [0.05, 0.1) is 11.4 Å². The maximum atomic E-state index is 6.52. The first-order valence-electron chi connectivity index (χ1n) is 18.7. The predicted octanol–water partition coefficient (Wildman–Crippen LogP) is 14.7. The number of furan rings is 1. The average molecular weight is 670 g/mol. The molecule has 2 heteroatoms. The number of hydrogen-bond donors (Lipinski definition) is 0. The highest BCUT2D eigenvalue weighted by molar-refractivity contribution is 6.09. The Morgan fingerprint density at radius 2 is 1.00 bits per heavy atom. The van der Waals surface area contributed by atoms with Crippen LogP contribution >= 0.6 is 0 Å². The Labute approximate surface area is 304 Å². The number of nitrogens with zero attached hydrogens (tertiary/aromatic N) is 1. The molecule has 0 aliphatic heterocycles. The van der Waals surface area contributed by atoms with Crippen LogP contribution in [0, 0.1) is 0 Å². The standard InChI is InChI=1S/C50H39NO/c1-2-15-35(16-3-1)39-25-13-19-36-20-14-27-45(50(36)39)42-23-7-10-29-47(42)51(37-31-32-44-43-24-8-11-30-48(43)52-49(44)33-37)46-28-9-6-22-41(46)40-26-12-18-34-17-4-5-21-38(34)40/h4-14,17-33,35H,1-3,15-16H2. The van der Waals surface area contributed by atoms with Gasteiger partial charge in [0.1, 0.15) is 11.2 Å². The Kier molecular flexibility index (Phi) is 7.61. The van der Waals surface area contributed by atoms with Gasteiger partial charge in [0.2, 0.25) is 0 Å². The van der Waals surface area contributed by atoms with Crippen LogP contribution in [0.15, 0.2) is 174 Å². The molecular formula is C50H39NO. The summed E-state index contributed by atoms with van der Waals surface area (Å²) in [4.78, 5) is 2.46. The quantitative estimate of drug-likeness (QED) is 0.175. The molecule has 0 radical (unpaired) electrons. The molecule has 0 spiro atoms. The molecule has 1 aliphatic carbocycles. The van der Waals surface area contributed by atoms with Gasteiger partial charge < -0.3 is 9.32 Å². The van der Waals surface area contributed by atoms with E-state index >= 15 is 0 Å². The van der Waals surface area contributed by atoms with Gasteiger partial charge in [-0.2, -0.15) is 0 Å². The minimum atomic E-state index is 0.587. The Morgan fingerprint density at radius 3 is 1.81 bits per heavy atom. The van der Waals surface area contributed by atoms with Crippen LogP contribution in [0.5, 0.6) is 0 Å². The third kappa shape index (κ3) is 5.17. The number of anilines is 3. The molecule has 1 aromatic heterocycles. The zero-order valence-corrected chi connectivity index (χ0v) is 29.1. The number of benzene rings is 8. The molecule has 1 saturated carbocycles.